The van der Waals surface area contributed by atoms with Gasteiger partial charge in [0.15, 0.2) is 22.5 Å². The number of carbonyl (C=O) groups is 1. The van der Waals surface area contributed by atoms with Gasteiger partial charge in [-0.05, 0) is 24.3 Å². The van der Waals surface area contributed by atoms with Crippen molar-refractivity contribution in [1.29, 1.82) is 0 Å². The number of anilines is 1. The number of para-hydroxylation sites is 3. The molecular weight excluding hydrogens is 433 g/mol. The van der Waals surface area contributed by atoms with Gasteiger partial charge in [-0.3, -0.25) is 4.79 Å². The number of furan rings is 1. The average molecular weight is 448 g/mol. The molecule has 4 aromatic rings. The summed E-state index contributed by atoms with van der Waals surface area (Å²) in [4.78, 5) is 12.3. The molecule has 11 heteroatoms. The van der Waals surface area contributed by atoms with Crippen molar-refractivity contribution in [3.63, 3.8) is 0 Å². The first-order chi connectivity index (χ1) is 14.8. The predicted molar refractivity (Wildman–Crippen MR) is 109 cm³/mol. The molecule has 0 aliphatic carbocycles. The van der Waals surface area contributed by atoms with E-state index in [2.05, 4.69) is 20.3 Å². The van der Waals surface area contributed by atoms with Gasteiger partial charge in [-0.25, -0.2) is 0 Å². The van der Waals surface area contributed by atoms with Crippen molar-refractivity contribution < 1.29 is 27.1 Å². The van der Waals surface area contributed by atoms with Crippen LogP contribution in [0.1, 0.15) is 0 Å². The van der Waals surface area contributed by atoms with Gasteiger partial charge in [0.25, 0.3) is 0 Å². The minimum absolute atomic E-state index is 0.0774. The van der Waals surface area contributed by atoms with Crippen molar-refractivity contribution in [2.24, 2.45) is 7.05 Å². The van der Waals surface area contributed by atoms with E-state index in [4.69, 9.17) is 4.42 Å². The van der Waals surface area contributed by atoms with Gasteiger partial charge in [-0.15, -0.1) is 23.4 Å². The van der Waals surface area contributed by atoms with Crippen molar-refractivity contribution in [3.8, 4) is 17.3 Å². The lowest BCUT2D eigenvalue weighted by atomic mass is 10.2. The molecule has 2 heterocycles. The average Bonchev–Trinajstić information content (AvgIpc) is 3.30. The molecule has 0 spiro atoms. The molecule has 0 saturated carbocycles. The number of fused-ring (bicyclic) bond motifs is 1. The highest BCUT2D eigenvalue weighted by Gasteiger charge is 2.32. The maximum atomic E-state index is 12.5. The van der Waals surface area contributed by atoms with Crippen LogP contribution in [0, 0.1) is 0 Å². The number of alkyl halides is 3. The Hall–Kier alpha value is -3.47. The largest absolute Gasteiger partial charge is 0.573 e. The highest BCUT2D eigenvalue weighted by atomic mass is 32.2. The van der Waals surface area contributed by atoms with E-state index in [1.165, 1.54) is 18.2 Å². The molecule has 2 aromatic heterocycles. The molecule has 0 aliphatic heterocycles. The smallest absolute Gasteiger partial charge is 0.453 e. The first-order valence-corrected chi connectivity index (χ1v) is 9.94. The minimum atomic E-state index is -4.86. The van der Waals surface area contributed by atoms with Crippen LogP contribution < -0.4 is 10.1 Å². The molecule has 160 valence electrons. The molecule has 1 N–H and O–H groups in total. The normalized spacial score (nSPS) is 11.6. The minimum Gasteiger partial charge on any atom is -0.453 e. The number of amides is 1. The Kier molecular flexibility index (Phi) is 5.59. The van der Waals surface area contributed by atoms with E-state index in [0.717, 1.165) is 23.2 Å². The summed E-state index contributed by atoms with van der Waals surface area (Å²) >= 11 is 1.09. The van der Waals surface area contributed by atoms with Crippen molar-refractivity contribution in [1.82, 2.24) is 14.8 Å². The van der Waals surface area contributed by atoms with Crippen LogP contribution in [0.15, 0.2) is 64.2 Å². The van der Waals surface area contributed by atoms with Crippen LogP contribution >= 0.6 is 11.8 Å². The number of thioether (sulfide) groups is 1. The fourth-order valence-corrected chi connectivity index (χ4v) is 3.56. The second kappa shape index (κ2) is 8.34. The lowest BCUT2D eigenvalue weighted by molar-refractivity contribution is -0.274. The Balaban J connectivity index is 1.43. The topological polar surface area (TPSA) is 82.2 Å². The van der Waals surface area contributed by atoms with E-state index >= 15 is 0 Å². The van der Waals surface area contributed by atoms with Gasteiger partial charge < -0.3 is 19.0 Å². The second-order valence-corrected chi connectivity index (χ2v) is 7.34. The Morgan fingerprint density at radius 2 is 1.90 bits per heavy atom. The number of hydrogen-bond donors (Lipinski definition) is 1. The third-order valence-electron chi connectivity index (χ3n) is 4.20. The molecule has 4 rings (SSSR count). The quantitative estimate of drug-likeness (QED) is 0.425. The summed E-state index contributed by atoms with van der Waals surface area (Å²) in [6.07, 6.45) is -4.86. The van der Waals surface area contributed by atoms with Gasteiger partial charge in [-0.1, -0.05) is 42.1 Å². The second-order valence-electron chi connectivity index (χ2n) is 6.39. The summed E-state index contributed by atoms with van der Waals surface area (Å²) in [5.41, 5.74) is 0.639. The molecule has 31 heavy (non-hydrogen) atoms. The number of nitrogens with one attached hydrogen (secondary N) is 1. The van der Waals surface area contributed by atoms with E-state index in [0.29, 0.717) is 22.3 Å². The number of ether oxygens (including phenoxy) is 1. The van der Waals surface area contributed by atoms with Crippen molar-refractivity contribution in [3.05, 3.63) is 54.6 Å². The zero-order chi connectivity index (χ0) is 22.0. The number of nitrogens with zero attached hydrogens (tertiary/aromatic N) is 3. The number of carbonyl (C=O) groups excluding carboxylic acids is 1. The maximum Gasteiger partial charge on any atom is 0.573 e. The van der Waals surface area contributed by atoms with Crippen LogP contribution in [0.25, 0.3) is 22.6 Å². The molecule has 0 bridgehead atoms. The standard InChI is InChI=1S/C20H15F3N4O3S/c1-27-18(16-10-12-6-2-4-8-14(12)29-16)25-26-19(27)31-11-17(28)24-13-7-3-5-9-15(13)30-20(21,22)23/h2-10H,11H2,1H3,(H,24,28). The van der Waals surface area contributed by atoms with E-state index in [1.54, 1.807) is 11.6 Å². The Labute approximate surface area is 178 Å². The third-order valence-corrected chi connectivity index (χ3v) is 5.22. The molecule has 0 fully saturated rings. The lowest BCUT2D eigenvalue weighted by Gasteiger charge is -2.13. The molecule has 0 unspecified atom stereocenters. The van der Waals surface area contributed by atoms with Crippen LogP contribution in [-0.4, -0.2) is 32.8 Å². The summed E-state index contributed by atoms with van der Waals surface area (Å²) in [7, 11) is 1.73. The Bertz CT molecular complexity index is 1200. The number of halogens is 3. The number of aromatic nitrogens is 3. The molecule has 0 radical (unpaired) electrons. The first kappa shape index (κ1) is 20.8. The first-order valence-electron chi connectivity index (χ1n) is 8.96. The van der Waals surface area contributed by atoms with E-state index in [9.17, 15) is 18.0 Å². The number of benzene rings is 2. The van der Waals surface area contributed by atoms with Crippen LogP contribution in [-0.2, 0) is 11.8 Å². The molecule has 0 atom stereocenters. The Morgan fingerprint density at radius 1 is 1.16 bits per heavy atom. The summed E-state index contributed by atoms with van der Waals surface area (Å²) in [5.74, 6) is -0.0728. The van der Waals surface area contributed by atoms with Crippen LogP contribution in [0.5, 0.6) is 5.75 Å². The highest BCUT2D eigenvalue weighted by Crippen LogP contribution is 2.31. The lowest BCUT2D eigenvalue weighted by Crippen LogP contribution is -2.20. The van der Waals surface area contributed by atoms with Gasteiger partial charge in [0.1, 0.15) is 5.58 Å². The number of rotatable bonds is 6. The zero-order valence-corrected chi connectivity index (χ0v) is 16.8. The molecular formula is C20H15F3N4O3S. The highest BCUT2D eigenvalue weighted by molar-refractivity contribution is 7.99. The summed E-state index contributed by atoms with van der Waals surface area (Å²) in [6.45, 7) is 0. The van der Waals surface area contributed by atoms with Gasteiger partial charge in [-0.2, -0.15) is 0 Å². The van der Waals surface area contributed by atoms with Gasteiger partial charge in [0, 0.05) is 12.4 Å². The summed E-state index contributed by atoms with van der Waals surface area (Å²) in [5, 5.41) is 12.0. The summed E-state index contributed by atoms with van der Waals surface area (Å²) < 4.78 is 49.0. The molecule has 2 aromatic carbocycles. The Morgan fingerprint density at radius 3 is 2.68 bits per heavy atom. The fourth-order valence-electron chi connectivity index (χ4n) is 2.85. The third kappa shape index (κ3) is 4.82. The SMILES string of the molecule is Cn1c(SCC(=O)Nc2ccccc2OC(F)(F)F)nnc1-c1cc2ccccc2o1. The molecule has 1 amide bonds. The van der Waals surface area contributed by atoms with Crippen molar-refractivity contribution in [2.75, 3.05) is 11.1 Å². The fraction of sp³-hybridized carbons (Fsp3) is 0.150. The van der Waals surface area contributed by atoms with Crippen LogP contribution in [0.4, 0.5) is 18.9 Å². The van der Waals surface area contributed by atoms with Crippen molar-refractivity contribution in [2.45, 2.75) is 11.5 Å². The maximum absolute atomic E-state index is 12.5. The number of hydrogen-bond acceptors (Lipinski definition) is 6. The molecule has 0 aliphatic rings. The summed E-state index contributed by atoms with van der Waals surface area (Å²) in [6, 6.07) is 14.7. The van der Waals surface area contributed by atoms with E-state index < -0.39 is 18.0 Å². The van der Waals surface area contributed by atoms with Crippen molar-refractivity contribution >= 4 is 34.3 Å². The van der Waals surface area contributed by atoms with Crippen LogP contribution in [0.2, 0.25) is 0 Å². The zero-order valence-electron chi connectivity index (χ0n) is 16.0. The monoisotopic (exact) mass is 448 g/mol. The predicted octanol–water partition coefficient (Wildman–Crippen LogP) is 4.86. The van der Waals surface area contributed by atoms with Gasteiger partial charge in [0.2, 0.25) is 5.91 Å². The van der Waals surface area contributed by atoms with E-state index in [-0.39, 0.29) is 11.4 Å². The molecule has 7 nitrogen and oxygen atoms in total. The van der Waals surface area contributed by atoms with Gasteiger partial charge in [0.05, 0.1) is 11.4 Å². The van der Waals surface area contributed by atoms with Crippen LogP contribution in [0.3, 0.4) is 0 Å². The van der Waals surface area contributed by atoms with E-state index in [1.807, 2.05) is 30.3 Å². The molecule has 0 saturated heterocycles. The van der Waals surface area contributed by atoms with Gasteiger partial charge >= 0.3 is 6.36 Å².